The Kier molecular flexibility index (Phi) is 9.44. The Morgan fingerprint density at radius 1 is 1.02 bits per heavy atom. The molecule has 5 nitrogen and oxygen atoms in total. The van der Waals surface area contributed by atoms with Gasteiger partial charge in [0.1, 0.15) is 0 Å². The second-order valence-corrected chi connectivity index (χ2v) is 12.0. The maximum Gasteiger partial charge on any atom is 0.229 e. The summed E-state index contributed by atoms with van der Waals surface area (Å²) in [6.45, 7) is 5.11. The lowest BCUT2D eigenvalue weighted by atomic mass is 9.90. The van der Waals surface area contributed by atoms with Crippen molar-refractivity contribution in [1.29, 1.82) is 5.41 Å². The van der Waals surface area contributed by atoms with Gasteiger partial charge in [0.05, 0.1) is 12.1 Å². The number of hydrogen-bond acceptors (Lipinski definition) is 5. The van der Waals surface area contributed by atoms with E-state index >= 15 is 0 Å². The third-order valence-corrected chi connectivity index (χ3v) is 8.63. The Bertz CT molecular complexity index is 1500. The maximum absolute atomic E-state index is 12.6. The van der Waals surface area contributed by atoms with Gasteiger partial charge in [-0.2, -0.15) is 0 Å². The molecule has 0 unspecified atom stereocenters. The van der Waals surface area contributed by atoms with E-state index in [2.05, 4.69) is 64.8 Å². The van der Waals surface area contributed by atoms with Crippen LogP contribution in [0.25, 0.3) is 6.08 Å². The summed E-state index contributed by atoms with van der Waals surface area (Å²) in [6, 6.07) is 26.9. The van der Waals surface area contributed by atoms with Gasteiger partial charge in [0.25, 0.3) is 0 Å². The molecule has 210 valence electrons. The molecule has 1 fully saturated rings. The SMILES string of the molecule is Cc1cc(N)c(C(=N)/C=C/c2cccc(CN3CCC(Cc4ccccc4)CC3)c2)cc1NC(=O)Cc1cccs1. The van der Waals surface area contributed by atoms with E-state index in [0.717, 1.165) is 41.6 Å². The summed E-state index contributed by atoms with van der Waals surface area (Å²) in [6.07, 6.45) is 7.73. The highest BCUT2D eigenvalue weighted by molar-refractivity contribution is 7.10. The molecule has 1 saturated heterocycles. The third-order valence-electron chi connectivity index (χ3n) is 7.75. The van der Waals surface area contributed by atoms with Crippen LogP contribution in [0.2, 0.25) is 0 Å². The van der Waals surface area contributed by atoms with Crippen LogP contribution >= 0.6 is 11.3 Å². The van der Waals surface area contributed by atoms with Crippen LogP contribution in [0.3, 0.4) is 0 Å². The van der Waals surface area contributed by atoms with Crippen LogP contribution in [0.5, 0.6) is 0 Å². The zero-order chi connectivity index (χ0) is 28.6. The normalized spacial score (nSPS) is 14.4. The van der Waals surface area contributed by atoms with Gasteiger partial charge in [-0.15, -0.1) is 11.3 Å². The van der Waals surface area contributed by atoms with E-state index in [1.807, 2.05) is 42.6 Å². The summed E-state index contributed by atoms with van der Waals surface area (Å²) in [4.78, 5) is 16.1. The highest BCUT2D eigenvalue weighted by atomic mass is 32.1. The number of carbonyl (C=O) groups is 1. The standard InChI is InChI=1S/C35H38N4OS/c1-25-19-33(37)31(23-34(25)38-35(40)22-30-11-6-18-41-30)32(36)13-12-27-9-5-10-29(21-27)24-39-16-14-28(15-17-39)20-26-7-3-2-4-8-26/h2-13,18-19,21,23,28,36H,14-17,20,22,24,37H2,1H3,(H,38,40)/b13-12+,36-32?. The first kappa shape index (κ1) is 28.5. The summed E-state index contributed by atoms with van der Waals surface area (Å²) in [5.41, 5.74) is 13.1. The molecule has 4 aromatic rings. The molecular formula is C35H38N4OS. The number of amides is 1. The molecule has 0 bridgehead atoms. The Morgan fingerprint density at radius 2 is 1.80 bits per heavy atom. The number of nitrogens with one attached hydrogen (secondary N) is 2. The number of piperidine rings is 1. The molecule has 0 saturated carbocycles. The number of nitrogen functional groups attached to an aromatic ring is 1. The lowest BCUT2D eigenvalue weighted by molar-refractivity contribution is -0.115. The van der Waals surface area contributed by atoms with Crippen LogP contribution in [0.1, 0.15) is 45.5 Å². The summed E-state index contributed by atoms with van der Waals surface area (Å²) >= 11 is 1.56. The molecule has 5 rings (SSSR count). The highest BCUT2D eigenvalue weighted by Gasteiger charge is 2.19. The molecule has 1 aliphatic heterocycles. The quantitative estimate of drug-likeness (QED) is 0.140. The monoisotopic (exact) mass is 562 g/mol. The van der Waals surface area contributed by atoms with Crippen LogP contribution in [0.15, 0.2) is 90.3 Å². The number of benzene rings is 3. The van der Waals surface area contributed by atoms with Gasteiger partial charge in [0.2, 0.25) is 5.91 Å². The molecule has 6 heteroatoms. The lowest BCUT2D eigenvalue weighted by Gasteiger charge is -2.32. The summed E-state index contributed by atoms with van der Waals surface area (Å²) in [5, 5.41) is 13.7. The van der Waals surface area contributed by atoms with E-state index in [1.54, 1.807) is 17.4 Å². The van der Waals surface area contributed by atoms with Crippen LogP contribution in [0.4, 0.5) is 11.4 Å². The largest absolute Gasteiger partial charge is 0.398 e. The average molecular weight is 563 g/mol. The van der Waals surface area contributed by atoms with Crippen molar-refractivity contribution in [3.05, 3.63) is 123 Å². The van der Waals surface area contributed by atoms with Gasteiger partial charge in [-0.3, -0.25) is 9.69 Å². The number of thiophene rings is 1. The number of hydrogen-bond donors (Lipinski definition) is 3. The summed E-state index contributed by atoms with van der Waals surface area (Å²) in [7, 11) is 0. The highest BCUT2D eigenvalue weighted by Crippen LogP contribution is 2.25. The number of carbonyl (C=O) groups excluding carboxylic acids is 1. The molecule has 0 aliphatic carbocycles. The Morgan fingerprint density at radius 3 is 2.56 bits per heavy atom. The van der Waals surface area contributed by atoms with Crippen molar-refractivity contribution in [2.45, 2.75) is 39.2 Å². The van der Waals surface area contributed by atoms with Crippen LogP contribution in [-0.2, 0) is 24.2 Å². The van der Waals surface area contributed by atoms with Gasteiger partial charge < -0.3 is 16.5 Å². The van der Waals surface area contributed by atoms with Crippen molar-refractivity contribution < 1.29 is 4.79 Å². The van der Waals surface area contributed by atoms with E-state index in [4.69, 9.17) is 11.1 Å². The number of aryl methyl sites for hydroxylation is 1. The molecule has 0 atom stereocenters. The predicted octanol–water partition coefficient (Wildman–Crippen LogP) is 7.36. The topological polar surface area (TPSA) is 82.2 Å². The zero-order valence-corrected chi connectivity index (χ0v) is 24.4. The van der Waals surface area contributed by atoms with Crippen molar-refractivity contribution in [1.82, 2.24) is 4.90 Å². The zero-order valence-electron chi connectivity index (χ0n) is 23.6. The first-order chi connectivity index (χ1) is 19.9. The summed E-state index contributed by atoms with van der Waals surface area (Å²) in [5.74, 6) is 0.684. The van der Waals surface area contributed by atoms with E-state index in [1.165, 1.54) is 30.4 Å². The van der Waals surface area contributed by atoms with Gasteiger partial charge in [-0.05, 0) is 97.1 Å². The van der Waals surface area contributed by atoms with Gasteiger partial charge >= 0.3 is 0 Å². The number of nitrogens with zero attached hydrogens (tertiary/aromatic N) is 1. The third kappa shape index (κ3) is 8.03. The van der Waals surface area contributed by atoms with Gasteiger partial charge in [0.15, 0.2) is 0 Å². The molecule has 1 aliphatic rings. The number of likely N-dealkylation sites (tertiary alicyclic amines) is 1. The fourth-order valence-corrected chi connectivity index (χ4v) is 6.19. The first-order valence-electron chi connectivity index (χ1n) is 14.3. The molecule has 1 aromatic heterocycles. The Labute approximate surface area is 247 Å². The van der Waals surface area contributed by atoms with E-state index in [-0.39, 0.29) is 5.91 Å². The second kappa shape index (κ2) is 13.6. The van der Waals surface area contributed by atoms with Crippen molar-refractivity contribution in [2.24, 2.45) is 5.92 Å². The number of anilines is 2. The maximum atomic E-state index is 12.6. The molecule has 0 spiro atoms. The van der Waals surface area contributed by atoms with Gasteiger partial charge in [-0.1, -0.05) is 66.7 Å². The molecule has 1 amide bonds. The first-order valence-corrected chi connectivity index (χ1v) is 15.2. The fraction of sp³-hybridized carbons (Fsp3) is 0.257. The van der Waals surface area contributed by atoms with Crippen LogP contribution < -0.4 is 11.1 Å². The Hall–Kier alpha value is -4.00. The van der Waals surface area contributed by atoms with E-state index in [9.17, 15) is 4.79 Å². The van der Waals surface area contributed by atoms with Crippen molar-refractivity contribution in [3.8, 4) is 0 Å². The summed E-state index contributed by atoms with van der Waals surface area (Å²) < 4.78 is 0. The average Bonchev–Trinajstić information content (AvgIpc) is 3.48. The van der Waals surface area contributed by atoms with Gasteiger partial charge in [-0.25, -0.2) is 0 Å². The molecule has 2 heterocycles. The van der Waals surface area contributed by atoms with Crippen LogP contribution in [0, 0.1) is 18.3 Å². The van der Waals surface area contributed by atoms with Crippen LogP contribution in [-0.4, -0.2) is 29.6 Å². The van der Waals surface area contributed by atoms with Crippen molar-refractivity contribution in [3.63, 3.8) is 0 Å². The molecule has 4 N–H and O–H groups in total. The minimum Gasteiger partial charge on any atom is -0.398 e. The number of rotatable bonds is 10. The second-order valence-electron chi connectivity index (χ2n) is 11.0. The number of allylic oxidation sites excluding steroid dienone is 1. The Balaban J connectivity index is 1.17. The lowest BCUT2D eigenvalue weighted by Crippen LogP contribution is -2.33. The molecule has 41 heavy (non-hydrogen) atoms. The molecular weight excluding hydrogens is 524 g/mol. The fourth-order valence-electron chi connectivity index (χ4n) is 5.48. The van der Waals surface area contributed by atoms with Crippen molar-refractivity contribution >= 4 is 40.4 Å². The molecule has 3 aromatic carbocycles. The van der Waals surface area contributed by atoms with E-state index < -0.39 is 0 Å². The van der Waals surface area contributed by atoms with E-state index in [0.29, 0.717) is 29.1 Å². The minimum atomic E-state index is -0.0782. The minimum absolute atomic E-state index is 0.0782. The van der Waals surface area contributed by atoms with Crippen molar-refractivity contribution in [2.75, 3.05) is 24.1 Å². The number of nitrogens with two attached hydrogens (primary N) is 1. The molecule has 0 radical (unpaired) electrons. The smallest absolute Gasteiger partial charge is 0.229 e. The predicted molar refractivity (Wildman–Crippen MR) is 173 cm³/mol. The van der Waals surface area contributed by atoms with Gasteiger partial charge in [0, 0.05) is 28.4 Å².